The average Bonchev–Trinajstić information content (AvgIpc) is 3.08. The van der Waals surface area contributed by atoms with Crippen LogP contribution >= 0.6 is 23.2 Å². The Morgan fingerprint density at radius 1 is 1.03 bits per heavy atom. The minimum Gasteiger partial charge on any atom is -0.351 e. The van der Waals surface area contributed by atoms with Crippen molar-refractivity contribution in [2.75, 3.05) is 39.0 Å². The van der Waals surface area contributed by atoms with Crippen LogP contribution in [0, 0.1) is 5.82 Å². The number of hydrogen-bond donors (Lipinski definition) is 1. The molecule has 1 saturated heterocycles. The Bertz CT molecular complexity index is 1280. The van der Waals surface area contributed by atoms with Crippen molar-refractivity contribution in [1.82, 2.24) is 14.5 Å². The SMILES string of the molecule is CC(CCN1CCCN(S(C)(=O)=O)CC1)(C(=O)NCc1ccc(C(F)(F)F)c(F)c1)c1ccc(Cl)c(Cl)c1. The molecule has 1 heterocycles. The number of halogens is 6. The van der Waals surface area contributed by atoms with E-state index in [0.717, 1.165) is 12.1 Å². The van der Waals surface area contributed by atoms with Crippen molar-refractivity contribution in [3.8, 4) is 0 Å². The van der Waals surface area contributed by atoms with Gasteiger partial charge in [0.1, 0.15) is 5.82 Å². The van der Waals surface area contributed by atoms with Crippen LogP contribution in [-0.4, -0.2) is 62.5 Å². The lowest BCUT2D eigenvalue weighted by molar-refractivity contribution is -0.140. The highest BCUT2D eigenvalue weighted by Gasteiger charge is 2.37. The largest absolute Gasteiger partial charge is 0.419 e. The Balaban J connectivity index is 1.77. The van der Waals surface area contributed by atoms with Crippen molar-refractivity contribution in [3.63, 3.8) is 0 Å². The minimum atomic E-state index is -4.82. The zero-order valence-electron chi connectivity index (χ0n) is 20.9. The molecule has 6 nitrogen and oxygen atoms in total. The molecule has 1 aliphatic heterocycles. The van der Waals surface area contributed by atoms with E-state index in [1.54, 1.807) is 25.1 Å². The molecule has 1 aliphatic rings. The predicted octanol–water partition coefficient (Wildman–Crippen LogP) is 5.08. The Morgan fingerprint density at radius 3 is 2.34 bits per heavy atom. The number of amides is 1. The second kappa shape index (κ2) is 12.1. The van der Waals surface area contributed by atoms with E-state index in [0.29, 0.717) is 62.2 Å². The van der Waals surface area contributed by atoms with Gasteiger partial charge in [-0.15, -0.1) is 0 Å². The minimum absolute atomic E-state index is 0.175. The van der Waals surface area contributed by atoms with Gasteiger partial charge >= 0.3 is 6.18 Å². The first-order valence-electron chi connectivity index (χ1n) is 11.9. The summed E-state index contributed by atoms with van der Waals surface area (Å²) < 4.78 is 77.9. The highest BCUT2D eigenvalue weighted by Crippen LogP contribution is 2.34. The molecule has 0 aliphatic carbocycles. The van der Waals surface area contributed by atoms with Gasteiger partial charge in [-0.2, -0.15) is 13.2 Å². The molecule has 2 aromatic rings. The zero-order chi connectivity index (χ0) is 28.3. The Morgan fingerprint density at radius 2 is 1.74 bits per heavy atom. The maximum atomic E-state index is 14.0. The van der Waals surface area contributed by atoms with E-state index < -0.39 is 38.9 Å². The summed E-state index contributed by atoms with van der Waals surface area (Å²) in [4.78, 5) is 15.6. The highest BCUT2D eigenvalue weighted by molar-refractivity contribution is 7.88. The molecule has 1 unspecified atom stereocenters. The van der Waals surface area contributed by atoms with Crippen LogP contribution in [0.1, 0.15) is 36.5 Å². The summed E-state index contributed by atoms with van der Waals surface area (Å²) in [6.45, 7) is 3.91. The van der Waals surface area contributed by atoms with E-state index in [2.05, 4.69) is 10.2 Å². The fraction of sp³-hybridized carbons (Fsp3) is 0.480. The summed E-state index contributed by atoms with van der Waals surface area (Å²) in [5.74, 6) is -1.84. The number of carbonyl (C=O) groups excluding carboxylic acids is 1. The normalized spacial score (nSPS) is 17.6. The molecule has 2 aromatic carbocycles. The van der Waals surface area contributed by atoms with Crippen LogP contribution in [0.2, 0.25) is 10.0 Å². The van der Waals surface area contributed by atoms with E-state index in [1.807, 2.05) is 0 Å². The number of nitrogens with zero attached hydrogens (tertiary/aromatic N) is 2. The van der Waals surface area contributed by atoms with E-state index in [4.69, 9.17) is 23.2 Å². The number of rotatable bonds is 8. The van der Waals surface area contributed by atoms with Crippen molar-refractivity contribution in [2.24, 2.45) is 0 Å². The lowest BCUT2D eigenvalue weighted by Crippen LogP contribution is -2.44. The smallest absolute Gasteiger partial charge is 0.351 e. The van der Waals surface area contributed by atoms with Gasteiger partial charge in [0.05, 0.1) is 27.3 Å². The van der Waals surface area contributed by atoms with E-state index in [1.165, 1.54) is 10.6 Å². The van der Waals surface area contributed by atoms with Crippen molar-refractivity contribution in [3.05, 3.63) is 69.0 Å². The molecule has 1 fully saturated rings. The van der Waals surface area contributed by atoms with Gasteiger partial charge in [-0.3, -0.25) is 4.79 Å². The van der Waals surface area contributed by atoms with Gasteiger partial charge in [0.25, 0.3) is 0 Å². The van der Waals surface area contributed by atoms with Crippen molar-refractivity contribution in [1.29, 1.82) is 0 Å². The fourth-order valence-electron chi connectivity index (χ4n) is 4.39. The molecule has 1 amide bonds. The van der Waals surface area contributed by atoms with Gasteiger partial charge in [-0.1, -0.05) is 35.3 Å². The molecule has 38 heavy (non-hydrogen) atoms. The Hall–Kier alpha value is -1.92. The monoisotopic (exact) mass is 597 g/mol. The molecule has 0 bridgehead atoms. The molecule has 210 valence electrons. The summed E-state index contributed by atoms with van der Waals surface area (Å²) in [5, 5.41) is 3.28. The van der Waals surface area contributed by atoms with Gasteiger partial charge < -0.3 is 10.2 Å². The molecule has 0 saturated carbocycles. The molecular weight excluding hydrogens is 569 g/mol. The van der Waals surface area contributed by atoms with Crippen LogP contribution in [0.15, 0.2) is 36.4 Å². The fourth-order valence-corrected chi connectivity index (χ4v) is 5.56. The number of sulfonamides is 1. The molecule has 3 rings (SSSR count). The molecular formula is C25H29Cl2F4N3O3S. The molecule has 0 radical (unpaired) electrons. The summed E-state index contributed by atoms with van der Waals surface area (Å²) in [5.41, 5.74) is -1.74. The summed E-state index contributed by atoms with van der Waals surface area (Å²) in [6, 6.07) is 7.37. The lowest BCUT2D eigenvalue weighted by Gasteiger charge is -2.32. The number of hydrogen-bond acceptors (Lipinski definition) is 4. The molecule has 1 atom stereocenters. The predicted molar refractivity (Wildman–Crippen MR) is 139 cm³/mol. The van der Waals surface area contributed by atoms with E-state index >= 15 is 0 Å². The van der Waals surface area contributed by atoms with Gasteiger partial charge in [0.15, 0.2) is 0 Å². The standard InChI is InChI=1S/C25H29Cl2F4N3O3S/c1-24(18-5-7-20(26)21(27)15-18,8-11-33-9-3-10-34(13-12-33)38(2,36)37)23(35)32-16-17-4-6-19(22(28)14-17)25(29,30)31/h4-7,14-15H,3,8-13,16H2,1-2H3,(H,32,35). The summed E-state index contributed by atoms with van der Waals surface area (Å²) >= 11 is 12.3. The number of carbonyl (C=O) groups is 1. The molecule has 0 spiro atoms. The third kappa shape index (κ3) is 7.59. The quantitative estimate of drug-likeness (QED) is 0.431. The molecule has 1 N–H and O–H groups in total. The number of benzene rings is 2. The summed E-state index contributed by atoms with van der Waals surface area (Å²) in [7, 11) is -3.30. The van der Waals surface area contributed by atoms with Crippen LogP contribution in [0.25, 0.3) is 0 Å². The van der Waals surface area contributed by atoms with Crippen molar-refractivity contribution < 1.29 is 30.8 Å². The maximum absolute atomic E-state index is 14.0. The topological polar surface area (TPSA) is 69.7 Å². The van der Waals surface area contributed by atoms with Crippen LogP contribution in [0.5, 0.6) is 0 Å². The second-order valence-corrected chi connectivity index (χ2v) is 12.4. The van der Waals surface area contributed by atoms with Crippen molar-refractivity contribution >= 4 is 39.1 Å². The van der Waals surface area contributed by atoms with Crippen LogP contribution in [-0.2, 0) is 33.0 Å². The number of alkyl halides is 3. The van der Waals surface area contributed by atoms with Gasteiger partial charge in [-0.25, -0.2) is 17.1 Å². The lowest BCUT2D eigenvalue weighted by atomic mass is 9.78. The Kier molecular flexibility index (Phi) is 9.73. The van der Waals surface area contributed by atoms with Crippen molar-refractivity contribution in [2.45, 2.75) is 37.9 Å². The third-order valence-corrected chi connectivity index (χ3v) is 8.84. The van der Waals surface area contributed by atoms with Gasteiger partial charge in [-0.05, 0) is 68.2 Å². The van der Waals surface area contributed by atoms with Gasteiger partial charge in [0.2, 0.25) is 15.9 Å². The first-order chi connectivity index (χ1) is 17.6. The van der Waals surface area contributed by atoms with Crippen LogP contribution in [0.3, 0.4) is 0 Å². The van der Waals surface area contributed by atoms with Crippen LogP contribution in [0.4, 0.5) is 17.6 Å². The van der Waals surface area contributed by atoms with E-state index in [9.17, 15) is 30.8 Å². The first-order valence-corrected chi connectivity index (χ1v) is 14.5. The zero-order valence-corrected chi connectivity index (χ0v) is 23.2. The number of nitrogens with one attached hydrogen (secondary N) is 1. The maximum Gasteiger partial charge on any atom is 0.419 e. The average molecular weight is 598 g/mol. The third-order valence-electron chi connectivity index (χ3n) is 6.79. The molecule has 0 aromatic heterocycles. The van der Waals surface area contributed by atoms with Crippen LogP contribution < -0.4 is 5.32 Å². The van der Waals surface area contributed by atoms with Gasteiger partial charge in [0, 0.05) is 26.2 Å². The summed E-state index contributed by atoms with van der Waals surface area (Å²) in [6.07, 6.45) is -2.67. The molecule has 13 heteroatoms. The Labute approximate surface area is 229 Å². The first kappa shape index (κ1) is 30.6. The highest BCUT2D eigenvalue weighted by atomic mass is 35.5. The second-order valence-electron chi connectivity index (χ2n) is 9.56. The van der Waals surface area contributed by atoms with E-state index in [-0.39, 0.29) is 17.1 Å².